The molecule has 0 aliphatic carbocycles. The molecular formula is C31H23F4N3O3. The Morgan fingerprint density at radius 3 is 2.34 bits per heavy atom. The number of benzene rings is 3. The number of carboxylic acid groups (broad SMARTS) is 1. The van der Waals surface area contributed by atoms with Crippen molar-refractivity contribution in [1.29, 1.82) is 0 Å². The van der Waals surface area contributed by atoms with Gasteiger partial charge in [-0.25, -0.2) is 13.7 Å². The van der Waals surface area contributed by atoms with Crippen molar-refractivity contribution in [3.8, 4) is 11.1 Å². The molecule has 0 saturated heterocycles. The van der Waals surface area contributed by atoms with Crippen molar-refractivity contribution in [3.63, 3.8) is 0 Å². The summed E-state index contributed by atoms with van der Waals surface area (Å²) in [7, 11) is 0. The summed E-state index contributed by atoms with van der Waals surface area (Å²) in [5.41, 5.74) is 2.80. The van der Waals surface area contributed by atoms with E-state index >= 15 is 0 Å². The molecule has 2 heterocycles. The first kappa shape index (κ1) is 27.6. The minimum absolute atomic E-state index is 0.0931. The zero-order valence-electron chi connectivity index (χ0n) is 21.6. The van der Waals surface area contributed by atoms with Crippen LogP contribution >= 0.6 is 0 Å². The van der Waals surface area contributed by atoms with Crippen molar-refractivity contribution in [2.75, 3.05) is 0 Å². The quantitative estimate of drug-likeness (QED) is 0.211. The van der Waals surface area contributed by atoms with Crippen molar-refractivity contribution in [1.82, 2.24) is 14.9 Å². The summed E-state index contributed by atoms with van der Waals surface area (Å²) in [6, 6.07) is 17.9. The number of carboxylic acids is 1. The van der Waals surface area contributed by atoms with Crippen molar-refractivity contribution in [2.45, 2.75) is 25.6 Å². The highest BCUT2D eigenvalue weighted by molar-refractivity contribution is 6.03. The molecule has 6 nitrogen and oxygen atoms in total. The molecule has 0 aliphatic heterocycles. The maximum Gasteiger partial charge on any atom is 0.416 e. The highest BCUT2D eigenvalue weighted by Crippen LogP contribution is 2.31. The Balaban J connectivity index is 1.55. The number of halogens is 4. The largest absolute Gasteiger partial charge is 0.478 e. The number of carbonyl (C=O) groups excluding carboxylic acids is 1. The number of nitrogens with one attached hydrogen (secondary N) is 1. The van der Waals surface area contributed by atoms with Crippen LogP contribution in [0.1, 0.15) is 55.9 Å². The third-order valence-corrected chi connectivity index (χ3v) is 6.76. The summed E-state index contributed by atoms with van der Waals surface area (Å²) in [6.45, 7) is 1.74. The van der Waals surface area contributed by atoms with Gasteiger partial charge in [-0.1, -0.05) is 42.5 Å². The lowest BCUT2D eigenvalue weighted by atomic mass is 9.99. The van der Waals surface area contributed by atoms with Gasteiger partial charge >= 0.3 is 12.1 Å². The average molecular weight is 562 g/mol. The molecule has 2 aromatic heterocycles. The van der Waals surface area contributed by atoms with Gasteiger partial charge in [0.25, 0.3) is 5.91 Å². The van der Waals surface area contributed by atoms with Gasteiger partial charge in [0.2, 0.25) is 0 Å². The minimum atomic E-state index is -4.50. The van der Waals surface area contributed by atoms with Crippen LogP contribution in [-0.4, -0.2) is 26.6 Å². The lowest BCUT2D eigenvalue weighted by Crippen LogP contribution is -2.27. The van der Waals surface area contributed by atoms with Crippen LogP contribution in [0.2, 0.25) is 0 Å². The first-order valence-corrected chi connectivity index (χ1v) is 12.6. The van der Waals surface area contributed by atoms with Crippen molar-refractivity contribution in [2.24, 2.45) is 0 Å². The molecule has 1 amide bonds. The van der Waals surface area contributed by atoms with E-state index < -0.39 is 35.5 Å². The van der Waals surface area contributed by atoms with Crippen LogP contribution in [0.3, 0.4) is 0 Å². The minimum Gasteiger partial charge on any atom is -0.478 e. The zero-order chi connectivity index (χ0) is 29.3. The fourth-order valence-corrected chi connectivity index (χ4v) is 4.64. The Hall–Kier alpha value is -4.99. The molecule has 0 fully saturated rings. The van der Waals surface area contributed by atoms with Crippen LogP contribution in [0.5, 0.6) is 0 Å². The molecule has 0 radical (unpaired) electrons. The summed E-state index contributed by atoms with van der Waals surface area (Å²) in [5.74, 6) is -1.96. The molecule has 0 saturated carbocycles. The van der Waals surface area contributed by atoms with Crippen LogP contribution in [0.25, 0.3) is 16.6 Å². The van der Waals surface area contributed by atoms with Gasteiger partial charge < -0.3 is 10.4 Å². The fraction of sp³-hybridized carbons (Fsp3) is 0.129. The van der Waals surface area contributed by atoms with Crippen LogP contribution in [-0.2, 0) is 12.6 Å². The maximum absolute atomic E-state index is 13.7. The number of aromatic carboxylic acids is 1. The molecule has 0 spiro atoms. The van der Waals surface area contributed by atoms with E-state index in [0.717, 1.165) is 12.1 Å². The van der Waals surface area contributed by atoms with E-state index in [-0.39, 0.29) is 17.5 Å². The number of amides is 1. The van der Waals surface area contributed by atoms with E-state index in [0.29, 0.717) is 33.3 Å². The van der Waals surface area contributed by atoms with E-state index in [9.17, 15) is 27.2 Å². The highest BCUT2D eigenvalue weighted by Gasteiger charge is 2.30. The number of fused-ring (bicyclic) bond motifs is 1. The Labute approximate surface area is 231 Å². The van der Waals surface area contributed by atoms with E-state index in [1.54, 1.807) is 49.5 Å². The predicted octanol–water partition coefficient (Wildman–Crippen LogP) is 6.94. The molecular weight excluding hydrogens is 538 g/mol. The van der Waals surface area contributed by atoms with E-state index in [1.165, 1.54) is 41.0 Å². The molecule has 0 bridgehead atoms. The van der Waals surface area contributed by atoms with E-state index in [2.05, 4.69) is 10.4 Å². The first-order chi connectivity index (χ1) is 19.5. The smallest absolute Gasteiger partial charge is 0.416 e. The van der Waals surface area contributed by atoms with Crippen LogP contribution in [0.15, 0.2) is 91.3 Å². The molecule has 41 heavy (non-hydrogen) atoms. The lowest BCUT2D eigenvalue weighted by Gasteiger charge is -2.16. The monoisotopic (exact) mass is 561 g/mol. The molecule has 0 unspecified atom stereocenters. The number of rotatable bonds is 7. The second-order valence-corrected chi connectivity index (χ2v) is 9.61. The van der Waals surface area contributed by atoms with Gasteiger partial charge in [-0.15, -0.1) is 0 Å². The van der Waals surface area contributed by atoms with Crippen molar-refractivity contribution in [3.05, 3.63) is 130 Å². The lowest BCUT2D eigenvalue weighted by molar-refractivity contribution is -0.137. The highest BCUT2D eigenvalue weighted by atomic mass is 19.4. The molecule has 5 rings (SSSR count). The van der Waals surface area contributed by atoms with E-state index in [4.69, 9.17) is 5.11 Å². The van der Waals surface area contributed by atoms with Gasteiger partial charge in [-0.2, -0.15) is 18.3 Å². The van der Waals surface area contributed by atoms with Gasteiger partial charge in [0, 0.05) is 23.7 Å². The molecule has 0 aliphatic rings. The SMILES string of the molecule is C[C@H](NC(=O)c1cc(-c2ccc(F)cc2)cn2ncc(Cc3cccc(C(F)(F)F)c3)c12)c1ccc(C(=O)O)cc1. The summed E-state index contributed by atoms with van der Waals surface area (Å²) in [6.07, 6.45) is -1.22. The summed E-state index contributed by atoms with van der Waals surface area (Å²) >= 11 is 0. The first-order valence-electron chi connectivity index (χ1n) is 12.6. The number of carbonyl (C=O) groups is 2. The zero-order valence-corrected chi connectivity index (χ0v) is 21.6. The Bertz CT molecular complexity index is 1740. The summed E-state index contributed by atoms with van der Waals surface area (Å²) < 4.78 is 55.0. The second kappa shape index (κ2) is 10.9. The number of aromatic nitrogens is 2. The summed E-state index contributed by atoms with van der Waals surface area (Å²) in [5, 5.41) is 16.5. The fourth-order valence-electron chi connectivity index (χ4n) is 4.64. The molecule has 2 N–H and O–H groups in total. The Morgan fingerprint density at radius 1 is 0.976 bits per heavy atom. The van der Waals surface area contributed by atoms with Crippen molar-refractivity contribution < 1.29 is 32.3 Å². The third-order valence-electron chi connectivity index (χ3n) is 6.76. The normalized spacial score (nSPS) is 12.3. The van der Waals surface area contributed by atoms with Crippen LogP contribution in [0.4, 0.5) is 17.6 Å². The van der Waals surface area contributed by atoms with Gasteiger partial charge in [-0.05, 0) is 60.0 Å². The molecule has 5 aromatic rings. The number of pyridine rings is 1. The van der Waals surface area contributed by atoms with Crippen LogP contribution in [0, 0.1) is 5.82 Å². The molecule has 1 atom stereocenters. The number of nitrogens with zero attached hydrogens (tertiary/aromatic N) is 2. The standard InChI is InChI=1S/C31H23F4N3O3/c1-18(20-5-7-22(8-6-20)30(40)41)37-29(39)27-15-24(21-9-11-26(32)12-10-21)17-38-28(27)23(16-36-38)13-19-3-2-4-25(14-19)31(33,34)35/h2-12,14-18H,13H2,1H3,(H,37,39)(H,40,41)/t18-/m0/s1. The average Bonchev–Trinajstić information content (AvgIpc) is 3.35. The summed E-state index contributed by atoms with van der Waals surface area (Å²) in [4.78, 5) is 24.9. The van der Waals surface area contributed by atoms with Gasteiger partial charge in [0.15, 0.2) is 0 Å². The maximum atomic E-state index is 13.7. The van der Waals surface area contributed by atoms with E-state index in [1.807, 2.05) is 0 Å². The molecule has 10 heteroatoms. The van der Waals surface area contributed by atoms with Crippen LogP contribution < -0.4 is 5.32 Å². The predicted molar refractivity (Wildman–Crippen MR) is 144 cm³/mol. The van der Waals surface area contributed by atoms with Gasteiger partial charge in [-0.3, -0.25) is 4.79 Å². The third kappa shape index (κ3) is 5.96. The molecule has 3 aromatic carbocycles. The van der Waals surface area contributed by atoms with Gasteiger partial charge in [0.1, 0.15) is 5.82 Å². The van der Waals surface area contributed by atoms with Gasteiger partial charge in [0.05, 0.1) is 34.4 Å². The van der Waals surface area contributed by atoms with Crippen molar-refractivity contribution >= 4 is 17.4 Å². The second-order valence-electron chi connectivity index (χ2n) is 9.61. The Morgan fingerprint density at radius 2 is 1.68 bits per heavy atom. The number of alkyl halides is 3. The topological polar surface area (TPSA) is 83.7 Å². The number of hydrogen-bond donors (Lipinski definition) is 2. The molecule has 208 valence electrons. The Kier molecular flexibility index (Phi) is 7.32. The number of hydrogen-bond acceptors (Lipinski definition) is 3.